The van der Waals surface area contributed by atoms with Crippen LogP contribution in [0.25, 0.3) is 5.52 Å². The summed E-state index contributed by atoms with van der Waals surface area (Å²) in [5.74, 6) is 0.671. The van der Waals surface area contributed by atoms with Gasteiger partial charge in [0.25, 0.3) is 0 Å². The predicted octanol–water partition coefficient (Wildman–Crippen LogP) is 3.53. The van der Waals surface area contributed by atoms with Crippen LogP contribution in [0.3, 0.4) is 0 Å². The zero-order valence-corrected chi connectivity index (χ0v) is 15.5. The van der Waals surface area contributed by atoms with E-state index in [9.17, 15) is 5.26 Å². The lowest BCUT2D eigenvalue weighted by Crippen LogP contribution is -2.30. The first-order valence-electron chi connectivity index (χ1n) is 8.40. The first kappa shape index (κ1) is 16.8. The van der Waals surface area contributed by atoms with Crippen LogP contribution in [0.4, 0.5) is 0 Å². The van der Waals surface area contributed by atoms with Crippen molar-refractivity contribution in [3.05, 3.63) is 47.0 Å². The summed E-state index contributed by atoms with van der Waals surface area (Å²) in [5, 5.41) is 13.5. The number of fused-ring (bicyclic) bond motifs is 1. The monoisotopic (exact) mass is 413 g/mol. The Morgan fingerprint density at radius 3 is 2.50 bits per heavy atom. The van der Waals surface area contributed by atoms with E-state index < -0.39 is 0 Å². The molecular weight excluding hydrogens is 398 g/mol. The van der Waals surface area contributed by atoms with E-state index in [2.05, 4.69) is 37.1 Å². The second-order valence-electron chi connectivity index (χ2n) is 6.15. The third-order valence-electron chi connectivity index (χ3n) is 4.39. The molecule has 3 heterocycles. The second-order valence-corrected chi connectivity index (χ2v) is 7.07. The molecule has 7 nitrogen and oxygen atoms in total. The van der Waals surface area contributed by atoms with Gasteiger partial charge in [-0.2, -0.15) is 10.4 Å². The van der Waals surface area contributed by atoms with Crippen LogP contribution in [0.1, 0.15) is 31.2 Å². The molecule has 8 heteroatoms. The highest BCUT2D eigenvalue weighted by Crippen LogP contribution is 2.31. The van der Waals surface area contributed by atoms with E-state index >= 15 is 0 Å². The van der Waals surface area contributed by atoms with Crippen LogP contribution in [0.15, 0.2) is 41.4 Å². The summed E-state index contributed by atoms with van der Waals surface area (Å²) in [5.41, 5.74) is 1.21. The normalized spacial score (nSPS) is 19.8. The molecule has 0 aromatic carbocycles. The van der Waals surface area contributed by atoms with Crippen LogP contribution in [0, 0.1) is 11.3 Å². The van der Waals surface area contributed by atoms with Gasteiger partial charge in [0.05, 0.1) is 12.3 Å². The molecule has 1 saturated carbocycles. The standard InChI is InChI=1S/C18H16BrN5O2/c19-13-8-16(17-12(9-20)10-23-24(17)11-13)25-14-2-4-15(5-3-14)26-18-21-6-1-7-22-18/h1,6-8,10-11,14-15H,2-5H2. The molecule has 4 rings (SSSR count). The summed E-state index contributed by atoms with van der Waals surface area (Å²) in [7, 11) is 0. The van der Waals surface area contributed by atoms with E-state index in [0.717, 1.165) is 30.2 Å². The minimum atomic E-state index is 0.0751. The topological polar surface area (TPSA) is 85.3 Å². The van der Waals surface area contributed by atoms with Crippen molar-refractivity contribution in [2.45, 2.75) is 37.9 Å². The Kier molecular flexibility index (Phi) is 4.71. The third kappa shape index (κ3) is 3.48. The van der Waals surface area contributed by atoms with Gasteiger partial charge in [0, 0.05) is 23.1 Å². The Labute approximate surface area is 158 Å². The molecule has 0 spiro atoms. The molecule has 26 heavy (non-hydrogen) atoms. The molecule has 0 unspecified atom stereocenters. The van der Waals surface area contributed by atoms with Gasteiger partial charge in [0.1, 0.15) is 29.0 Å². The van der Waals surface area contributed by atoms with Crippen molar-refractivity contribution in [2.24, 2.45) is 0 Å². The van der Waals surface area contributed by atoms with E-state index in [1.54, 1.807) is 29.2 Å². The van der Waals surface area contributed by atoms with E-state index in [1.165, 1.54) is 0 Å². The quantitative estimate of drug-likeness (QED) is 0.650. The average Bonchev–Trinajstić information content (AvgIpc) is 3.07. The molecule has 0 atom stereocenters. The Bertz CT molecular complexity index is 945. The van der Waals surface area contributed by atoms with Gasteiger partial charge in [0.15, 0.2) is 0 Å². The molecule has 0 bridgehead atoms. The van der Waals surface area contributed by atoms with Crippen molar-refractivity contribution in [2.75, 3.05) is 0 Å². The fraction of sp³-hybridized carbons (Fsp3) is 0.333. The molecule has 0 N–H and O–H groups in total. The molecule has 0 radical (unpaired) electrons. The van der Waals surface area contributed by atoms with E-state index in [0.29, 0.717) is 22.8 Å². The molecule has 0 saturated heterocycles. The van der Waals surface area contributed by atoms with Crippen LogP contribution in [-0.2, 0) is 0 Å². The van der Waals surface area contributed by atoms with Crippen LogP contribution in [0.2, 0.25) is 0 Å². The highest BCUT2D eigenvalue weighted by molar-refractivity contribution is 9.10. The van der Waals surface area contributed by atoms with Crippen LogP contribution in [0.5, 0.6) is 11.8 Å². The SMILES string of the molecule is N#Cc1cnn2cc(Br)cc(OC3CCC(Oc4ncccn4)CC3)c12. The number of aromatic nitrogens is 4. The number of hydrogen-bond donors (Lipinski definition) is 0. The van der Waals surface area contributed by atoms with Crippen molar-refractivity contribution >= 4 is 21.4 Å². The minimum absolute atomic E-state index is 0.0751. The van der Waals surface area contributed by atoms with Crippen LogP contribution in [-0.4, -0.2) is 31.8 Å². The Balaban J connectivity index is 1.44. The summed E-state index contributed by atoms with van der Waals surface area (Å²) < 4.78 is 14.6. The number of halogens is 1. The van der Waals surface area contributed by atoms with Gasteiger partial charge >= 0.3 is 6.01 Å². The largest absolute Gasteiger partial charge is 0.488 e. The Hall–Kier alpha value is -2.66. The molecule has 0 aliphatic heterocycles. The number of ether oxygens (including phenoxy) is 2. The maximum Gasteiger partial charge on any atom is 0.316 e. The van der Waals surface area contributed by atoms with Crippen LogP contribution < -0.4 is 9.47 Å². The smallest absolute Gasteiger partial charge is 0.316 e. The maximum absolute atomic E-state index is 9.30. The van der Waals surface area contributed by atoms with Gasteiger partial charge in [-0.05, 0) is 53.7 Å². The van der Waals surface area contributed by atoms with Gasteiger partial charge < -0.3 is 9.47 Å². The first-order valence-corrected chi connectivity index (χ1v) is 9.19. The van der Waals surface area contributed by atoms with Crippen molar-refractivity contribution in [3.8, 4) is 17.8 Å². The molecule has 132 valence electrons. The van der Waals surface area contributed by atoms with E-state index in [4.69, 9.17) is 9.47 Å². The molecule has 1 aliphatic carbocycles. The fourth-order valence-corrected chi connectivity index (χ4v) is 3.57. The molecular formula is C18H16BrN5O2. The number of hydrogen-bond acceptors (Lipinski definition) is 6. The fourth-order valence-electron chi connectivity index (χ4n) is 3.17. The van der Waals surface area contributed by atoms with Gasteiger partial charge in [-0.25, -0.2) is 14.5 Å². The van der Waals surface area contributed by atoms with E-state index in [1.807, 2.05) is 12.3 Å². The summed E-state index contributed by atoms with van der Waals surface area (Å²) in [6.45, 7) is 0. The Morgan fingerprint density at radius 2 is 1.81 bits per heavy atom. The molecule has 1 fully saturated rings. The van der Waals surface area contributed by atoms with Gasteiger partial charge in [0.2, 0.25) is 0 Å². The third-order valence-corrected chi connectivity index (χ3v) is 4.83. The molecule has 0 amide bonds. The summed E-state index contributed by atoms with van der Waals surface area (Å²) >= 11 is 3.47. The van der Waals surface area contributed by atoms with Gasteiger partial charge in [-0.1, -0.05) is 0 Å². The lowest BCUT2D eigenvalue weighted by Gasteiger charge is -2.29. The highest BCUT2D eigenvalue weighted by atomic mass is 79.9. The summed E-state index contributed by atoms with van der Waals surface area (Å²) in [6.07, 6.45) is 10.4. The average molecular weight is 414 g/mol. The Morgan fingerprint density at radius 1 is 1.12 bits per heavy atom. The highest BCUT2D eigenvalue weighted by Gasteiger charge is 2.25. The van der Waals surface area contributed by atoms with Crippen molar-refractivity contribution < 1.29 is 9.47 Å². The first-order chi connectivity index (χ1) is 12.7. The number of nitriles is 1. The maximum atomic E-state index is 9.30. The second kappa shape index (κ2) is 7.30. The lowest BCUT2D eigenvalue weighted by atomic mass is 9.95. The number of rotatable bonds is 4. The number of nitrogens with zero attached hydrogens (tertiary/aromatic N) is 5. The lowest BCUT2D eigenvalue weighted by molar-refractivity contribution is 0.0755. The zero-order valence-electron chi connectivity index (χ0n) is 13.9. The van der Waals surface area contributed by atoms with Crippen molar-refractivity contribution in [3.63, 3.8) is 0 Å². The summed E-state index contributed by atoms with van der Waals surface area (Å²) in [6, 6.07) is 6.24. The van der Waals surface area contributed by atoms with Crippen molar-refractivity contribution in [1.29, 1.82) is 5.26 Å². The van der Waals surface area contributed by atoms with Crippen molar-refractivity contribution in [1.82, 2.24) is 19.6 Å². The summed E-state index contributed by atoms with van der Waals surface area (Å²) in [4.78, 5) is 8.21. The number of pyridine rings is 1. The zero-order chi connectivity index (χ0) is 17.9. The van der Waals surface area contributed by atoms with E-state index in [-0.39, 0.29) is 12.2 Å². The molecule has 1 aliphatic rings. The van der Waals surface area contributed by atoms with Gasteiger partial charge in [-0.15, -0.1) is 0 Å². The predicted molar refractivity (Wildman–Crippen MR) is 96.9 cm³/mol. The minimum Gasteiger partial charge on any atom is -0.488 e. The van der Waals surface area contributed by atoms with Crippen LogP contribution >= 0.6 is 15.9 Å². The van der Waals surface area contributed by atoms with Gasteiger partial charge in [-0.3, -0.25) is 0 Å². The molecule has 3 aromatic heterocycles. The molecule has 3 aromatic rings.